The summed E-state index contributed by atoms with van der Waals surface area (Å²) in [5.41, 5.74) is 0.346. The van der Waals surface area contributed by atoms with Crippen molar-refractivity contribution >= 4 is 17.5 Å². The molecule has 0 unspecified atom stereocenters. The number of aliphatic hydroxyl groups excluding tert-OH is 1. The van der Waals surface area contributed by atoms with Gasteiger partial charge >= 0.3 is 11.8 Å². The molecule has 0 aliphatic heterocycles. The van der Waals surface area contributed by atoms with Crippen LogP contribution in [0.1, 0.15) is 0 Å². The third-order valence-electron chi connectivity index (χ3n) is 2.19. The third kappa shape index (κ3) is 5.84. The Morgan fingerprint density at radius 2 is 1.89 bits per heavy atom. The molecule has 0 aliphatic carbocycles. The lowest BCUT2D eigenvalue weighted by atomic mass is 10.3. The van der Waals surface area contributed by atoms with Crippen molar-refractivity contribution in [2.75, 3.05) is 31.6 Å². The standard InChI is InChI=1S/C12H17N3O4/c16-7-6-13-4-5-14-11(18)12(19)15-9-2-1-3-10(17)8-9/h1-3,8,13,16-17H,4-7H2,(H,14,18)(H,15,19). The molecule has 0 fully saturated rings. The average Bonchev–Trinajstić information content (AvgIpc) is 2.38. The van der Waals surface area contributed by atoms with E-state index in [4.69, 9.17) is 5.11 Å². The van der Waals surface area contributed by atoms with E-state index in [-0.39, 0.29) is 18.9 Å². The predicted molar refractivity (Wildman–Crippen MR) is 69.7 cm³/mol. The second kappa shape index (κ2) is 8.06. The van der Waals surface area contributed by atoms with E-state index >= 15 is 0 Å². The molecule has 0 atom stereocenters. The first-order valence-electron chi connectivity index (χ1n) is 5.83. The van der Waals surface area contributed by atoms with Crippen LogP contribution in [0.2, 0.25) is 0 Å². The maximum atomic E-state index is 11.5. The summed E-state index contributed by atoms with van der Waals surface area (Å²) in [6.07, 6.45) is 0. The van der Waals surface area contributed by atoms with E-state index in [1.807, 2.05) is 0 Å². The van der Waals surface area contributed by atoms with Gasteiger partial charge in [-0.3, -0.25) is 9.59 Å². The summed E-state index contributed by atoms with van der Waals surface area (Å²) < 4.78 is 0. The number of carbonyl (C=O) groups is 2. The number of hydrogen-bond acceptors (Lipinski definition) is 5. The van der Waals surface area contributed by atoms with Crippen LogP contribution in [0.4, 0.5) is 5.69 Å². The maximum Gasteiger partial charge on any atom is 0.313 e. The summed E-state index contributed by atoms with van der Waals surface area (Å²) in [5, 5.41) is 25.4. The Balaban J connectivity index is 2.31. The highest BCUT2D eigenvalue weighted by Crippen LogP contribution is 2.14. The molecule has 19 heavy (non-hydrogen) atoms. The van der Waals surface area contributed by atoms with E-state index in [1.165, 1.54) is 12.1 Å². The molecular formula is C12H17N3O4. The van der Waals surface area contributed by atoms with Crippen LogP contribution in [0, 0.1) is 0 Å². The van der Waals surface area contributed by atoms with E-state index in [1.54, 1.807) is 12.1 Å². The summed E-state index contributed by atoms with van der Waals surface area (Å²) >= 11 is 0. The lowest BCUT2D eigenvalue weighted by molar-refractivity contribution is -0.136. The van der Waals surface area contributed by atoms with E-state index in [0.717, 1.165) is 0 Å². The van der Waals surface area contributed by atoms with E-state index in [2.05, 4.69) is 16.0 Å². The third-order valence-corrected chi connectivity index (χ3v) is 2.19. The second-order valence-electron chi connectivity index (χ2n) is 3.73. The number of hydrogen-bond donors (Lipinski definition) is 5. The highest BCUT2D eigenvalue weighted by molar-refractivity contribution is 6.39. The molecule has 1 aromatic carbocycles. The van der Waals surface area contributed by atoms with Crippen molar-refractivity contribution in [3.05, 3.63) is 24.3 Å². The highest BCUT2D eigenvalue weighted by Gasteiger charge is 2.12. The number of anilines is 1. The number of aliphatic hydroxyl groups is 1. The fourth-order valence-electron chi connectivity index (χ4n) is 1.32. The van der Waals surface area contributed by atoms with Crippen molar-refractivity contribution in [2.24, 2.45) is 0 Å². The number of carbonyl (C=O) groups excluding carboxylic acids is 2. The van der Waals surface area contributed by atoms with Gasteiger partial charge in [-0.25, -0.2) is 0 Å². The first kappa shape index (κ1) is 14.9. The number of nitrogens with one attached hydrogen (secondary N) is 3. The van der Waals surface area contributed by atoms with Gasteiger partial charge in [0.1, 0.15) is 5.75 Å². The molecule has 7 nitrogen and oxygen atoms in total. The molecule has 0 saturated heterocycles. The summed E-state index contributed by atoms with van der Waals surface area (Å²) in [5.74, 6) is -1.55. The number of aromatic hydroxyl groups is 1. The topological polar surface area (TPSA) is 111 Å². The lowest BCUT2D eigenvalue weighted by Gasteiger charge is -2.07. The molecule has 0 heterocycles. The normalized spacial score (nSPS) is 9.95. The molecule has 2 amide bonds. The molecule has 7 heteroatoms. The van der Waals surface area contributed by atoms with Crippen LogP contribution in [-0.4, -0.2) is 48.3 Å². The first-order chi connectivity index (χ1) is 9.13. The van der Waals surface area contributed by atoms with E-state index < -0.39 is 11.8 Å². The monoisotopic (exact) mass is 267 g/mol. The molecule has 0 saturated carbocycles. The summed E-state index contributed by atoms with van der Waals surface area (Å²) in [7, 11) is 0. The largest absolute Gasteiger partial charge is 0.508 e. The maximum absolute atomic E-state index is 11.5. The SMILES string of the molecule is O=C(NCCNCCO)C(=O)Nc1cccc(O)c1. The fraction of sp³-hybridized carbons (Fsp3) is 0.333. The van der Waals surface area contributed by atoms with Gasteiger partial charge < -0.3 is 26.2 Å². The fourth-order valence-corrected chi connectivity index (χ4v) is 1.32. The molecule has 104 valence electrons. The van der Waals surface area contributed by atoms with Crippen LogP contribution in [-0.2, 0) is 9.59 Å². The van der Waals surface area contributed by atoms with Crippen molar-refractivity contribution < 1.29 is 19.8 Å². The molecule has 0 spiro atoms. The van der Waals surface area contributed by atoms with E-state index in [0.29, 0.717) is 18.8 Å². The molecule has 0 aliphatic rings. The summed E-state index contributed by atoms with van der Waals surface area (Å²) in [6, 6.07) is 5.92. The molecule has 0 aromatic heterocycles. The minimum Gasteiger partial charge on any atom is -0.508 e. The van der Waals surface area contributed by atoms with Gasteiger partial charge in [-0.15, -0.1) is 0 Å². The van der Waals surface area contributed by atoms with Crippen molar-refractivity contribution in [3.8, 4) is 5.75 Å². The van der Waals surface area contributed by atoms with Crippen molar-refractivity contribution in [2.45, 2.75) is 0 Å². The van der Waals surface area contributed by atoms with Gasteiger partial charge in [0.2, 0.25) is 0 Å². The van der Waals surface area contributed by atoms with Crippen molar-refractivity contribution in [1.82, 2.24) is 10.6 Å². The molecule has 5 N–H and O–H groups in total. The number of phenols is 1. The number of phenolic OH excluding ortho intramolecular Hbond substituents is 1. The predicted octanol–water partition coefficient (Wildman–Crippen LogP) is -0.971. The van der Waals surface area contributed by atoms with Gasteiger partial charge in [-0.05, 0) is 12.1 Å². The van der Waals surface area contributed by atoms with Crippen LogP contribution in [0.15, 0.2) is 24.3 Å². The van der Waals surface area contributed by atoms with Gasteiger partial charge in [0.15, 0.2) is 0 Å². The van der Waals surface area contributed by atoms with Gasteiger partial charge in [0, 0.05) is 31.4 Å². The van der Waals surface area contributed by atoms with Crippen molar-refractivity contribution in [1.29, 1.82) is 0 Å². The Morgan fingerprint density at radius 1 is 1.11 bits per heavy atom. The Labute approximate surface area is 110 Å². The average molecular weight is 267 g/mol. The van der Waals surface area contributed by atoms with Gasteiger partial charge in [0.05, 0.1) is 6.61 Å². The minimum atomic E-state index is -0.798. The Bertz CT molecular complexity index is 437. The zero-order valence-electron chi connectivity index (χ0n) is 10.3. The molecule has 1 rings (SSSR count). The second-order valence-corrected chi connectivity index (χ2v) is 3.73. The zero-order chi connectivity index (χ0) is 14.1. The zero-order valence-corrected chi connectivity index (χ0v) is 10.3. The van der Waals surface area contributed by atoms with Gasteiger partial charge in [-0.2, -0.15) is 0 Å². The van der Waals surface area contributed by atoms with Crippen LogP contribution < -0.4 is 16.0 Å². The smallest absolute Gasteiger partial charge is 0.313 e. The first-order valence-corrected chi connectivity index (χ1v) is 5.83. The van der Waals surface area contributed by atoms with Gasteiger partial charge in [-0.1, -0.05) is 6.07 Å². The molecular weight excluding hydrogens is 250 g/mol. The number of rotatable bonds is 6. The molecule has 0 radical (unpaired) electrons. The summed E-state index contributed by atoms with van der Waals surface area (Å²) in [6.45, 7) is 1.20. The van der Waals surface area contributed by atoms with E-state index in [9.17, 15) is 14.7 Å². The van der Waals surface area contributed by atoms with Crippen LogP contribution in [0.3, 0.4) is 0 Å². The van der Waals surface area contributed by atoms with Crippen LogP contribution >= 0.6 is 0 Å². The quantitative estimate of drug-likeness (QED) is 0.336. The van der Waals surface area contributed by atoms with Gasteiger partial charge in [0.25, 0.3) is 0 Å². The van der Waals surface area contributed by atoms with Crippen LogP contribution in [0.25, 0.3) is 0 Å². The van der Waals surface area contributed by atoms with Crippen LogP contribution in [0.5, 0.6) is 5.75 Å². The lowest BCUT2D eigenvalue weighted by Crippen LogP contribution is -2.39. The molecule has 0 bridgehead atoms. The number of amides is 2. The minimum absolute atomic E-state index is 0.00594. The Hall–Kier alpha value is -2.12. The highest BCUT2D eigenvalue weighted by atomic mass is 16.3. The Kier molecular flexibility index (Phi) is 6.34. The Morgan fingerprint density at radius 3 is 2.58 bits per heavy atom. The van der Waals surface area contributed by atoms with Crippen molar-refractivity contribution in [3.63, 3.8) is 0 Å². The number of benzene rings is 1. The molecule has 1 aromatic rings. The summed E-state index contributed by atoms with van der Waals surface area (Å²) in [4.78, 5) is 22.9.